The van der Waals surface area contributed by atoms with Gasteiger partial charge in [0, 0.05) is 13.1 Å². The molecule has 1 heterocycles. The van der Waals surface area contributed by atoms with E-state index < -0.39 is 12.0 Å². The second kappa shape index (κ2) is 4.72. The summed E-state index contributed by atoms with van der Waals surface area (Å²) in [5, 5.41) is 11.4. The summed E-state index contributed by atoms with van der Waals surface area (Å²) in [4.78, 5) is 24.2. The molecule has 1 aliphatic heterocycles. The quantitative estimate of drug-likeness (QED) is 0.764. The van der Waals surface area contributed by atoms with E-state index in [1.807, 2.05) is 0 Å². The lowest BCUT2D eigenvalue weighted by Gasteiger charge is -2.22. The third-order valence-electron chi connectivity index (χ3n) is 2.97. The highest BCUT2D eigenvalue weighted by atomic mass is 16.4. The molecule has 0 aliphatic carbocycles. The number of likely N-dealkylation sites (tertiary alicyclic amines) is 1. The van der Waals surface area contributed by atoms with Crippen molar-refractivity contribution in [1.82, 2.24) is 10.2 Å². The highest BCUT2D eigenvalue weighted by Crippen LogP contribution is 2.28. The summed E-state index contributed by atoms with van der Waals surface area (Å²) < 4.78 is 0. The van der Waals surface area contributed by atoms with E-state index in [9.17, 15) is 9.59 Å². The van der Waals surface area contributed by atoms with Crippen LogP contribution in [0.5, 0.6) is 0 Å². The minimum atomic E-state index is -0.977. The Labute approximate surface area is 95.8 Å². The third-order valence-corrected chi connectivity index (χ3v) is 2.97. The van der Waals surface area contributed by atoms with Crippen LogP contribution in [0.1, 0.15) is 33.6 Å². The van der Waals surface area contributed by atoms with Crippen molar-refractivity contribution in [2.75, 3.05) is 13.1 Å². The Bertz CT molecular complexity index is 289. The zero-order valence-electron chi connectivity index (χ0n) is 10.1. The van der Waals surface area contributed by atoms with E-state index in [4.69, 9.17) is 5.11 Å². The van der Waals surface area contributed by atoms with Crippen LogP contribution in [-0.4, -0.2) is 41.1 Å². The molecule has 0 saturated carbocycles. The van der Waals surface area contributed by atoms with Gasteiger partial charge in [-0.15, -0.1) is 0 Å². The van der Waals surface area contributed by atoms with Gasteiger partial charge < -0.3 is 15.3 Å². The van der Waals surface area contributed by atoms with Crippen LogP contribution in [0.4, 0.5) is 4.79 Å². The molecule has 5 heteroatoms. The molecule has 1 aliphatic rings. The van der Waals surface area contributed by atoms with Crippen molar-refractivity contribution in [3.05, 3.63) is 0 Å². The minimum absolute atomic E-state index is 0.141. The second-order valence-electron chi connectivity index (χ2n) is 5.08. The Balaban J connectivity index is 2.50. The van der Waals surface area contributed by atoms with Gasteiger partial charge >= 0.3 is 12.0 Å². The van der Waals surface area contributed by atoms with Gasteiger partial charge in [0.25, 0.3) is 0 Å². The molecule has 0 aromatic heterocycles. The van der Waals surface area contributed by atoms with Crippen molar-refractivity contribution in [1.29, 1.82) is 0 Å². The van der Waals surface area contributed by atoms with Gasteiger partial charge in [0.1, 0.15) is 6.04 Å². The van der Waals surface area contributed by atoms with Crippen molar-refractivity contribution < 1.29 is 14.7 Å². The Morgan fingerprint density at radius 1 is 1.50 bits per heavy atom. The molecule has 1 fully saturated rings. The Morgan fingerprint density at radius 3 is 2.50 bits per heavy atom. The number of amides is 2. The van der Waals surface area contributed by atoms with E-state index in [0.717, 1.165) is 6.42 Å². The van der Waals surface area contributed by atoms with Crippen LogP contribution < -0.4 is 5.32 Å². The summed E-state index contributed by atoms with van der Waals surface area (Å²) in [5.41, 5.74) is 0.141. The topological polar surface area (TPSA) is 69.6 Å². The number of rotatable bonds is 3. The smallest absolute Gasteiger partial charge is 0.326 e. The highest BCUT2D eigenvalue weighted by Gasteiger charge is 2.33. The summed E-state index contributed by atoms with van der Waals surface area (Å²) in [6.45, 7) is 7.35. The number of carbonyl (C=O) groups excluding carboxylic acids is 1. The summed E-state index contributed by atoms with van der Waals surface area (Å²) in [7, 11) is 0. The van der Waals surface area contributed by atoms with Crippen LogP contribution in [0, 0.1) is 5.41 Å². The van der Waals surface area contributed by atoms with Crippen molar-refractivity contribution in [3.63, 3.8) is 0 Å². The summed E-state index contributed by atoms with van der Waals surface area (Å²) in [6, 6.07) is -1.05. The molecule has 2 amide bonds. The molecule has 0 radical (unpaired) electrons. The number of carbonyl (C=O) groups is 2. The number of aliphatic carboxylic acids is 1. The lowest BCUT2D eigenvalue weighted by Crippen LogP contribution is -2.47. The largest absolute Gasteiger partial charge is 0.480 e. The lowest BCUT2D eigenvalue weighted by atomic mass is 9.93. The number of urea groups is 1. The van der Waals surface area contributed by atoms with Gasteiger partial charge in [0.05, 0.1) is 0 Å². The third kappa shape index (κ3) is 3.12. The summed E-state index contributed by atoms with van der Waals surface area (Å²) in [5.74, 6) is -0.977. The Morgan fingerprint density at radius 2 is 2.12 bits per heavy atom. The SMILES string of the molecule is CC[C@@H](NC(=O)N1CCC(C)(C)C1)C(=O)O. The molecular weight excluding hydrogens is 208 g/mol. The van der Waals surface area contributed by atoms with E-state index in [1.54, 1.807) is 11.8 Å². The van der Waals surface area contributed by atoms with Crippen LogP contribution >= 0.6 is 0 Å². The predicted molar refractivity (Wildman–Crippen MR) is 60.2 cm³/mol. The summed E-state index contributed by atoms with van der Waals surface area (Å²) >= 11 is 0. The maximum absolute atomic E-state index is 11.8. The van der Waals surface area contributed by atoms with Gasteiger partial charge in [0.15, 0.2) is 0 Å². The number of nitrogens with zero attached hydrogens (tertiary/aromatic N) is 1. The Hall–Kier alpha value is -1.26. The van der Waals surface area contributed by atoms with Gasteiger partial charge in [-0.25, -0.2) is 9.59 Å². The molecule has 1 saturated heterocycles. The first-order valence-corrected chi connectivity index (χ1v) is 5.64. The average Bonchev–Trinajstić information content (AvgIpc) is 2.54. The Kier molecular flexibility index (Phi) is 3.78. The van der Waals surface area contributed by atoms with E-state index in [0.29, 0.717) is 19.5 Å². The molecule has 0 bridgehead atoms. The fourth-order valence-electron chi connectivity index (χ4n) is 1.86. The highest BCUT2D eigenvalue weighted by molar-refractivity contribution is 5.82. The molecule has 0 aromatic carbocycles. The van der Waals surface area contributed by atoms with Crippen LogP contribution in [0.2, 0.25) is 0 Å². The number of carboxylic acids is 1. The molecule has 0 spiro atoms. The molecule has 5 nitrogen and oxygen atoms in total. The van der Waals surface area contributed by atoms with Gasteiger partial charge in [-0.3, -0.25) is 0 Å². The zero-order chi connectivity index (χ0) is 12.3. The molecule has 0 unspecified atom stereocenters. The molecular formula is C11H20N2O3. The van der Waals surface area contributed by atoms with Crippen LogP contribution in [-0.2, 0) is 4.79 Å². The van der Waals surface area contributed by atoms with Crippen molar-refractivity contribution in [2.24, 2.45) is 5.41 Å². The number of carboxylic acid groups (broad SMARTS) is 1. The van der Waals surface area contributed by atoms with Crippen LogP contribution in [0.25, 0.3) is 0 Å². The van der Waals surface area contributed by atoms with Gasteiger partial charge in [-0.1, -0.05) is 20.8 Å². The first-order valence-electron chi connectivity index (χ1n) is 5.64. The van der Waals surface area contributed by atoms with E-state index in [-0.39, 0.29) is 11.4 Å². The summed E-state index contributed by atoms with van der Waals surface area (Å²) in [6.07, 6.45) is 1.36. The fraction of sp³-hybridized carbons (Fsp3) is 0.818. The number of nitrogens with one attached hydrogen (secondary N) is 1. The van der Waals surface area contributed by atoms with Crippen LogP contribution in [0.15, 0.2) is 0 Å². The predicted octanol–water partition coefficient (Wildman–Crippen LogP) is 1.29. The monoisotopic (exact) mass is 228 g/mol. The van der Waals surface area contributed by atoms with Gasteiger partial charge in [0.2, 0.25) is 0 Å². The molecule has 2 N–H and O–H groups in total. The van der Waals surface area contributed by atoms with E-state index in [2.05, 4.69) is 19.2 Å². The first kappa shape index (κ1) is 12.8. The molecule has 16 heavy (non-hydrogen) atoms. The van der Waals surface area contributed by atoms with Gasteiger partial charge in [-0.05, 0) is 18.3 Å². The van der Waals surface area contributed by atoms with Crippen molar-refractivity contribution in [3.8, 4) is 0 Å². The van der Waals surface area contributed by atoms with Crippen LogP contribution in [0.3, 0.4) is 0 Å². The van der Waals surface area contributed by atoms with E-state index in [1.165, 1.54) is 0 Å². The van der Waals surface area contributed by atoms with Gasteiger partial charge in [-0.2, -0.15) is 0 Å². The number of hydrogen-bond acceptors (Lipinski definition) is 2. The maximum Gasteiger partial charge on any atom is 0.326 e. The normalized spacial score (nSPS) is 20.6. The van der Waals surface area contributed by atoms with E-state index >= 15 is 0 Å². The molecule has 92 valence electrons. The number of hydrogen-bond donors (Lipinski definition) is 2. The molecule has 1 atom stereocenters. The van der Waals surface area contributed by atoms with Crippen molar-refractivity contribution in [2.45, 2.75) is 39.7 Å². The molecule has 0 aromatic rings. The zero-order valence-corrected chi connectivity index (χ0v) is 10.1. The second-order valence-corrected chi connectivity index (χ2v) is 5.08. The maximum atomic E-state index is 11.8. The standard InChI is InChI=1S/C11H20N2O3/c1-4-8(9(14)15)12-10(16)13-6-5-11(2,3)7-13/h8H,4-7H2,1-3H3,(H,12,16)(H,14,15)/t8-/m1/s1. The fourth-order valence-corrected chi connectivity index (χ4v) is 1.86. The lowest BCUT2D eigenvalue weighted by molar-refractivity contribution is -0.139. The minimum Gasteiger partial charge on any atom is -0.480 e. The first-order chi connectivity index (χ1) is 7.35. The average molecular weight is 228 g/mol. The molecule has 1 rings (SSSR count). The van der Waals surface area contributed by atoms with Crippen molar-refractivity contribution >= 4 is 12.0 Å².